The molecule has 3 aromatic rings. The molecule has 0 aliphatic rings. The van der Waals surface area contributed by atoms with Crippen LogP contribution in [0.2, 0.25) is 0 Å². The molecule has 6 N–H and O–H groups in total. The van der Waals surface area contributed by atoms with Crippen LogP contribution >= 0.6 is 0 Å². The molecule has 27 heavy (non-hydrogen) atoms. The van der Waals surface area contributed by atoms with Crippen molar-refractivity contribution in [2.45, 2.75) is 0 Å². The maximum absolute atomic E-state index is 7.55. The number of benzene rings is 2. The van der Waals surface area contributed by atoms with Gasteiger partial charge < -0.3 is 25.4 Å². The minimum atomic E-state index is -0.0321. The summed E-state index contributed by atoms with van der Waals surface area (Å²) in [7, 11) is 3.10. The Bertz CT molecular complexity index is 944. The number of nitrogens with two attached hydrogens (primary N) is 2. The molecule has 0 saturated heterocycles. The van der Waals surface area contributed by atoms with Crippen LogP contribution in [0.5, 0.6) is 11.5 Å². The summed E-state index contributed by atoms with van der Waals surface area (Å²) in [4.78, 5) is 0. The summed E-state index contributed by atoms with van der Waals surface area (Å²) in [5, 5.41) is 15.1. The number of hydrogen-bond acceptors (Lipinski definition) is 5. The van der Waals surface area contributed by atoms with E-state index in [1.54, 1.807) is 50.6 Å². The highest BCUT2D eigenvalue weighted by molar-refractivity contribution is 5.97. The Kier molecular flexibility index (Phi) is 4.85. The largest absolute Gasteiger partial charge is 0.496 e. The molecule has 0 atom stereocenters. The molecule has 7 nitrogen and oxygen atoms in total. The predicted molar refractivity (Wildman–Crippen MR) is 105 cm³/mol. The number of amidine groups is 2. The highest BCUT2D eigenvalue weighted by Crippen LogP contribution is 2.37. The Balaban J connectivity index is 2.03. The molecule has 0 fully saturated rings. The SMILES string of the molecule is COc1cc(C(=N)N)ccc1-c1ccc(-c2ccc(C(=N)N)cc2OC)o1. The minimum absolute atomic E-state index is 0.0321. The molecular weight excluding hydrogens is 344 g/mol. The van der Waals surface area contributed by atoms with Gasteiger partial charge in [0.2, 0.25) is 0 Å². The smallest absolute Gasteiger partial charge is 0.138 e. The highest BCUT2D eigenvalue weighted by atomic mass is 16.5. The van der Waals surface area contributed by atoms with Crippen LogP contribution in [0, 0.1) is 10.8 Å². The molecule has 0 saturated carbocycles. The molecule has 0 spiro atoms. The second kappa shape index (κ2) is 7.25. The van der Waals surface area contributed by atoms with Crippen molar-refractivity contribution in [3.8, 4) is 34.1 Å². The van der Waals surface area contributed by atoms with Crippen LogP contribution in [0.4, 0.5) is 0 Å². The molecule has 0 radical (unpaired) electrons. The number of rotatable bonds is 6. The van der Waals surface area contributed by atoms with Crippen LogP contribution in [0.25, 0.3) is 22.6 Å². The minimum Gasteiger partial charge on any atom is -0.496 e. The number of methoxy groups -OCH3 is 2. The average Bonchev–Trinajstić information content (AvgIpc) is 3.16. The standard InChI is InChI=1S/C20H20N4O3/c1-25-17-9-11(19(21)22)3-5-13(17)15-7-8-16(27-15)14-6-4-12(20(23)24)10-18(14)26-2/h3-10H,1-2H3,(H3,21,22)(H3,23,24). The van der Waals surface area contributed by atoms with Crippen LogP contribution in [0.3, 0.4) is 0 Å². The van der Waals surface area contributed by atoms with Crippen molar-refractivity contribution >= 4 is 11.7 Å². The molecule has 1 heterocycles. The zero-order valence-corrected chi connectivity index (χ0v) is 15.0. The first kappa shape index (κ1) is 18.1. The van der Waals surface area contributed by atoms with Gasteiger partial charge in [0.1, 0.15) is 34.7 Å². The fraction of sp³-hybridized carbons (Fsp3) is 0.100. The van der Waals surface area contributed by atoms with E-state index < -0.39 is 0 Å². The van der Waals surface area contributed by atoms with Crippen LogP contribution in [-0.2, 0) is 0 Å². The highest BCUT2D eigenvalue weighted by Gasteiger charge is 2.16. The topological polar surface area (TPSA) is 131 Å². The number of furan rings is 1. The normalized spacial score (nSPS) is 10.4. The van der Waals surface area contributed by atoms with Gasteiger partial charge in [-0.2, -0.15) is 0 Å². The first-order chi connectivity index (χ1) is 12.9. The van der Waals surface area contributed by atoms with E-state index in [0.717, 1.165) is 11.1 Å². The molecule has 138 valence electrons. The second-order valence-corrected chi connectivity index (χ2v) is 5.82. The fourth-order valence-corrected chi connectivity index (χ4v) is 2.75. The van der Waals surface area contributed by atoms with E-state index in [1.165, 1.54) is 0 Å². The fourth-order valence-electron chi connectivity index (χ4n) is 2.75. The Morgan fingerprint density at radius 3 is 1.48 bits per heavy atom. The molecule has 0 amide bonds. The third kappa shape index (κ3) is 3.48. The molecule has 2 aromatic carbocycles. The van der Waals surface area contributed by atoms with Crippen LogP contribution in [-0.4, -0.2) is 25.9 Å². The zero-order valence-electron chi connectivity index (χ0n) is 15.0. The van der Waals surface area contributed by atoms with Gasteiger partial charge in [0, 0.05) is 11.1 Å². The molecular formula is C20H20N4O3. The zero-order chi connectivity index (χ0) is 19.6. The number of nitrogens with one attached hydrogen (secondary N) is 2. The van der Waals surface area contributed by atoms with Crippen molar-refractivity contribution < 1.29 is 13.9 Å². The van der Waals surface area contributed by atoms with E-state index in [2.05, 4.69) is 0 Å². The van der Waals surface area contributed by atoms with Crippen molar-refractivity contribution in [2.24, 2.45) is 11.5 Å². The van der Waals surface area contributed by atoms with E-state index in [9.17, 15) is 0 Å². The number of ether oxygens (including phenoxy) is 2. The van der Waals surface area contributed by atoms with Gasteiger partial charge in [-0.3, -0.25) is 10.8 Å². The summed E-state index contributed by atoms with van der Waals surface area (Å²) >= 11 is 0. The van der Waals surface area contributed by atoms with Gasteiger partial charge in [0.05, 0.1) is 25.3 Å². The lowest BCUT2D eigenvalue weighted by atomic mass is 10.1. The summed E-state index contributed by atoms with van der Waals surface area (Å²) < 4.78 is 16.8. The maximum Gasteiger partial charge on any atom is 0.138 e. The number of nitrogen functional groups attached to an aromatic ring is 2. The molecule has 0 bridgehead atoms. The van der Waals surface area contributed by atoms with Gasteiger partial charge in [-0.15, -0.1) is 0 Å². The first-order valence-corrected chi connectivity index (χ1v) is 8.10. The summed E-state index contributed by atoms with van der Waals surface area (Å²) in [5.41, 5.74) is 13.7. The van der Waals surface area contributed by atoms with Crippen LogP contribution < -0.4 is 20.9 Å². The molecule has 7 heteroatoms. The van der Waals surface area contributed by atoms with Crippen molar-refractivity contribution in [3.63, 3.8) is 0 Å². The van der Waals surface area contributed by atoms with Gasteiger partial charge >= 0.3 is 0 Å². The van der Waals surface area contributed by atoms with Crippen LogP contribution in [0.15, 0.2) is 52.9 Å². The summed E-state index contributed by atoms with van der Waals surface area (Å²) in [6.07, 6.45) is 0. The maximum atomic E-state index is 7.55. The van der Waals surface area contributed by atoms with Crippen molar-refractivity contribution in [1.82, 2.24) is 0 Å². The molecule has 3 rings (SSSR count). The van der Waals surface area contributed by atoms with E-state index >= 15 is 0 Å². The van der Waals surface area contributed by atoms with E-state index in [1.807, 2.05) is 12.1 Å². The van der Waals surface area contributed by atoms with Gasteiger partial charge in [-0.05, 0) is 36.4 Å². The summed E-state index contributed by atoms with van der Waals surface area (Å²) in [6.45, 7) is 0. The van der Waals surface area contributed by atoms with Gasteiger partial charge in [-0.25, -0.2) is 0 Å². The number of hydrogen-bond donors (Lipinski definition) is 4. The lowest BCUT2D eigenvalue weighted by molar-refractivity contribution is 0.413. The third-order valence-electron chi connectivity index (χ3n) is 4.16. The van der Waals surface area contributed by atoms with Crippen molar-refractivity contribution in [2.75, 3.05) is 14.2 Å². The Morgan fingerprint density at radius 1 is 0.741 bits per heavy atom. The van der Waals surface area contributed by atoms with Gasteiger partial charge in [-0.1, -0.05) is 12.1 Å². The van der Waals surface area contributed by atoms with Crippen LogP contribution in [0.1, 0.15) is 11.1 Å². The Hall–Kier alpha value is -3.74. The molecule has 0 unspecified atom stereocenters. The van der Waals surface area contributed by atoms with E-state index in [4.69, 9.17) is 36.2 Å². The lowest BCUT2D eigenvalue weighted by Crippen LogP contribution is -2.11. The Labute approximate surface area is 156 Å². The summed E-state index contributed by atoms with van der Waals surface area (Å²) in [6, 6.07) is 14.1. The van der Waals surface area contributed by atoms with Gasteiger partial charge in [0.15, 0.2) is 0 Å². The monoisotopic (exact) mass is 364 g/mol. The molecule has 1 aromatic heterocycles. The van der Waals surface area contributed by atoms with E-state index in [-0.39, 0.29) is 11.7 Å². The average molecular weight is 364 g/mol. The van der Waals surface area contributed by atoms with Crippen molar-refractivity contribution in [3.05, 3.63) is 59.7 Å². The quantitative estimate of drug-likeness (QED) is 0.394. The van der Waals surface area contributed by atoms with Gasteiger partial charge in [0.25, 0.3) is 0 Å². The summed E-state index contributed by atoms with van der Waals surface area (Å²) in [5.74, 6) is 2.26. The van der Waals surface area contributed by atoms with Crippen molar-refractivity contribution in [1.29, 1.82) is 10.8 Å². The second-order valence-electron chi connectivity index (χ2n) is 5.82. The predicted octanol–water partition coefficient (Wildman–Crippen LogP) is 3.20. The lowest BCUT2D eigenvalue weighted by Gasteiger charge is -2.10. The third-order valence-corrected chi connectivity index (χ3v) is 4.16. The Morgan fingerprint density at radius 2 is 1.15 bits per heavy atom. The van der Waals surface area contributed by atoms with E-state index in [0.29, 0.717) is 34.1 Å². The molecule has 0 aliphatic heterocycles. The molecule has 0 aliphatic carbocycles. The first-order valence-electron chi connectivity index (χ1n) is 8.10.